The van der Waals surface area contributed by atoms with Crippen LogP contribution in [0.15, 0.2) is 65.9 Å². The molecule has 1 aliphatic heterocycles. The Morgan fingerprint density at radius 2 is 1.80 bits per heavy atom. The van der Waals surface area contributed by atoms with Gasteiger partial charge in [0.1, 0.15) is 0 Å². The van der Waals surface area contributed by atoms with E-state index in [0.29, 0.717) is 5.52 Å². The Labute approximate surface area is 167 Å². The van der Waals surface area contributed by atoms with E-state index in [1.807, 2.05) is 5.43 Å². The molecule has 1 N–H and O–H groups in total. The number of hydrazone groups is 1. The predicted octanol–water partition coefficient (Wildman–Crippen LogP) is 3.87. The van der Waals surface area contributed by atoms with Crippen LogP contribution in [0.5, 0.6) is 0 Å². The molecule has 3 aromatic rings. The Bertz CT molecular complexity index is 1190. The van der Waals surface area contributed by atoms with Gasteiger partial charge in [-0.25, -0.2) is 5.43 Å². The van der Waals surface area contributed by atoms with Gasteiger partial charge in [-0.3, -0.25) is 19.9 Å². The van der Waals surface area contributed by atoms with Crippen LogP contribution in [0.4, 0.5) is 18.9 Å². The number of non-ortho nitro benzene ring substituents is 1. The Hall–Kier alpha value is -3.82. The fourth-order valence-electron chi connectivity index (χ4n) is 3.60. The first kappa shape index (κ1) is 19.5. The lowest BCUT2D eigenvalue weighted by Crippen LogP contribution is -2.57. The second-order valence-corrected chi connectivity index (χ2v) is 6.76. The van der Waals surface area contributed by atoms with Crippen molar-refractivity contribution in [1.82, 2.24) is 10.4 Å². The summed E-state index contributed by atoms with van der Waals surface area (Å²) >= 11 is 0. The molecular weight excluding hydrogens is 401 g/mol. The number of benzene rings is 2. The van der Waals surface area contributed by atoms with Gasteiger partial charge < -0.3 is 0 Å². The van der Waals surface area contributed by atoms with Gasteiger partial charge in [-0.15, -0.1) is 0 Å². The van der Waals surface area contributed by atoms with Crippen molar-refractivity contribution in [3.8, 4) is 0 Å². The second kappa shape index (κ2) is 6.90. The first-order valence-corrected chi connectivity index (χ1v) is 8.77. The molecule has 2 heterocycles. The van der Waals surface area contributed by atoms with E-state index in [2.05, 4.69) is 10.1 Å². The molecule has 4 rings (SSSR count). The van der Waals surface area contributed by atoms with Crippen molar-refractivity contribution in [3.63, 3.8) is 0 Å². The molecule has 152 valence electrons. The zero-order valence-corrected chi connectivity index (χ0v) is 15.2. The third kappa shape index (κ3) is 2.97. The number of nitrogens with one attached hydrogen (secondary N) is 1. The van der Waals surface area contributed by atoms with E-state index in [1.54, 1.807) is 6.07 Å². The number of pyridine rings is 1. The third-order valence-corrected chi connectivity index (χ3v) is 5.11. The lowest BCUT2D eigenvalue weighted by Gasteiger charge is -2.37. The fraction of sp³-hybridized carbons (Fsp3) is 0.150. The highest BCUT2D eigenvalue weighted by Gasteiger charge is 2.63. The number of hydrogen-bond acceptors (Lipinski definition) is 5. The summed E-state index contributed by atoms with van der Waals surface area (Å²) in [7, 11) is 0. The first-order valence-electron chi connectivity index (χ1n) is 8.77. The number of rotatable bonds is 3. The Morgan fingerprint density at radius 1 is 1.07 bits per heavy atom. The normalized spacial score (nSPS) is 19.3. The molecule has 0 saturated heterocycles. The smallest absolute Gasteiger partial charge is 0.272 e. The molecule has 1 amide bonds. The summed E-state index contributed by atoms with van der Waals surface area (Å²) in [6.07, 6.45) is -4.24. The van der Waals surface area contributed by atoms with Crippen LogP contribution in [0.3, 0.4) is 0 Å². The van der Waals surface area contributed by atoms with E-state index in [0.717, 1.165) is 0 Å². The number of fused-ring (bicyclic) bond motifs is 1. The fourth-order valence-corrected chi connectivity index (χ4v) is 3.60. The number of amides is 1. The van der Waals surface area contributed by atoms with Crippen LogP contribution in [0.2, 0.25) is 0 Å². The van der Waals surface area contributed by atoms with Crippen LogP contribution < -0.4 is 5.43 Å². The Morgan fingerprint density at radius 3 is 2.47 bits per heavy atom. The molecule has 0 bridgehead atoms. The highest BCUT2D eigenvalue weighted by atomic mass is 19.4. The molecule has 0 unspecified atom stereocenters. The minimum atomic E-state index is -4.94. The summed E-state index contributed by atoms with van der Waals surface area (Å²) in [6, 6.07) is 12.2. The molecule has 0 saturated carbocycles. The largest absolute Gasteiger partial charge is 0.407 e. The number of nitro groups is 1. The van der Waals surface area contributed by atoms with E-state index in [1.165, 1.54) is 54.7 Å². The number of hydrogen-bond donors (Lipinski definition) is 1. The minimum Gasteiger partial charge on any atom is -0.272 e. The van der Waals surface area contributed by atoms with Crippen LogP contribution in [0, 0.1) is 10.1 Å². The van der Waals surface area contributed by atoms with E-state index >= 15 is 0 Å². The SMILES string of the molecule is O=C1NN=C(c2ccc([N+](=O)[O-])cc2)C[C@]1(c1cccc2ncccc12)C(F)(F)F. The molecule has 7 nitrogen and oxygen atoms in total. The van der Waals surface area contributed by atoms with Crippen molar-refractivity contribution < 1.29 is 22.9 Å². The first-order chi connectivity index (χ1) is 14.2. The number of carbonyl (C=O) groups excluding carboxylic acids is 1. The highest BCUT2D eigenvalue weighted by molar-refractivity contribution is 6.09. The predicted molar refractivity (Wildman–Crippen MR) is 102 cm³/mol. The van der Waals surface area contributed by atoms with Gasteiger partial charge in [0.25, 0.3) is 11.6 Å². The summed E-state index contributed by atoms with van der Waals surface area (Å²) < 4.78 is 43.5. The molecule has 30 heavy (non-hydrogen) atoms. The van der Waals surface area contributed by atoms with Crippen molar-refractivity contribution in [1.29, 1.82) is 0 Å². The van der Waals surface area contributed by atoms with Gasteiger partial charge in [0.15, 0.2) is 5.41 Å². The topological polar surface area (TPSA) is 97.5 Å². The minimum absolute atomic E-state index is 0.0392. The van der Waals surface area contributed by atoms with Gasteiger partial charge in [0.2, 0.25) is 0 Å². The van der Waals surface area contributed by atoms with Gasteiger partial charge in [-0.2, -0.15) is 18.3 Å². The van der Waals surface area contributed by atoms with Crippen molar-refractivity contribution in [2.75, 3.05) is 0 Å². The van der Waals surface area contributed by atoms with Crippen molar-refractivity contribution in [3.05, 3.63) is 82.0 Å². The maximum Gasteiger partial charge on any atom is 0.407 e. The number of aromatic nitrogens is 1. The van der Waals surface area contributed by atoms with Crippen molar-refractivity contribution in [2.24, 2.45) is 5.10 Å². The average molecular weight is 414 g/mol. The maximum absolute atomic E-state index is 14.5. The molecule has 0 aliphatic carbocycles. The van der Waals surface area contributed by atoms with Gasteiger partial charge in [0.05, 0.1) is 16.2 Å². The van der Waals surface area contributed by atoms with E-state index in [-0.39, 0.29) is 27.9 Å². The Kier molecular flexibility index (Phi) is 4.49. The molecule has 1 atom stereocenters. The summed E-state index contributed by atoms with van der Waals surface area (Å²) in [6.45, 7) is 0. The number of alkyl halides is 3. The van der Waals surface area contributed by atoms with Crippen molar-refractivity contribution >= 4 is 28.2 Å². The van der Waals surface area contributed by atoms with Crippen LogP contribution in [-0.2, 0) is 10.2 Å². The summed E-state index contributed by atoms with van der Waals surface area (Å²) in [5, 5.41) is 14.8. The summed E-state index contributed by atoms with van der Waals surface area (Å²) in [4.78, 5) is 27.0. The van der Waals surface area contributed by atoms with Crippen LogP contribution >= 0.6 is 0 Å². The zero-order chi connectivity index (χ0) is 21.5. The van der Waals surface area contributed by atoms with Crippen LogP contribution in [0.1, 0.15) is 17.5 Å². The number of nitrogens with zero attached hydrogens (tertiary/aromatic N) is 3. The van der Waals surface area contributed by atoms with E-state index in [4.69, 9.17) is 0 Å². The molecule has 0 fully saturated rings. The van der Waals surface area contributed by atoms with Crippen molar-refractivity contribution in [2.45, 2.75) is 18.0 Å². The average Bonchev–Trinajstić information content (AvgIpc) is 2.73. The molecule has 2 aromatic carbocycles. The standard InChI is InChI=1S/C20H13F3N4O3/c21-20(22,23)19(15-4-1-5-16-14(15)3-2-10-24-16)11-17(25-26-18(19)28)12-6-8-13(9-7-12)27(29)30/h1-10H,11H2,(H,26,28)/t19-/m1/s1. The molecular formula is C20H13F3N4O3. The summed E-state index contributed by atoms with van der Waals surface area (Å²) in [5.41, 5.74) is -0.799. The maximum atomic E-state index is 14.5. The van der Waals surface area contributed by atoms with Crippen LogP contribution in [-0.4, -0.2) is 27.7 Å². The van der Waals surface area contributed by atoms with E-state index in [9.17, 15) is 28.1 Å². The monoisotopic (exact) mass is 414 g/mol. The molecule has 0 spiro atoms. The Balaban J connectivity index is 1.88. The second-order valence-electron chi connectivity index (χ2n) is 6.76. The number of nitro benzene ring substituents is 1. The lowest BCUT2D eigenvalue weighted by atomic mass is 9.71. The lowest BCUT2D eigenvalue weighted by molar-refractivity contribution is -0.384. The highest BCUT2D eigenvalue weighted by Crippen LogP contribution is 2.48. The molecule has 10 heteroatoms. The molecule has 0 radical (unpaired) electrons. The van der Waals surface area contributed by atoms with Gasteiger partial charge >= 0.3 is 6.18 Å². The molecule has 1 aromatic heterocycles. The quantitative estimate of drug-likeness (QED) is 0.520. The zero-order valence-electron chi connectivity index (χ0n) is 15.2. The number of carbonyl (C=O) groups is 1. The summed E-state index contributed by atoms with van der Waals surface area (Å²) in [5.74, 6) is -1.29. The molecule has 1 aliphatic rings. The van der Waals surface area contributed by atoms with Gasteiger partial charge in [-0.05, 0) is 35.4 Å². The van der Waals surface area contributed by atoms with Gasteiger partial charge in [-0.1, -0.05) is 18.2 Å². The van der Waals surface area contributed by atoms with Gasteiger partial charge in [0, 0.05) is 30.1 Å². The third-order valence-electron chi connectivity index (χ3n) is 5.11. The number of halogens is 3. The van der Waals surface area contributed by atoms with Crippen LogP contribution in [0.25, 0.3) is 10.9 Å². The van der Waals surface area contributed by atoms with E-state index < -0.39 is 28.8 Å².